The minimum absolute atomic E-state index is 0.293. The summed E-state index contributed by atoms with van der Waals surface area (Å²) < 4.78 is 25.9. The molecule has 0 aliphatic carbocycles. The van der Waals surface area contributed by atoms with E-state index in [4.69, 9.17) is 9.47 Å². The molecular weight excluding hydrogens is 339 g/mol. The van der Waals surface area contributed by atoms with Crippen LogP contribution in [0.5, 0.6) is 0 Å². The van der Waals surface area contributed by atoms with E-state index in [1.807, 2.05) is 44.2 Å². The maximum Gasteiger partial charge on any atom is 0.330 e. The third-order valence-corrected chi connectivity index (χ3v) is 4.04. The van der Waals surface area contributed by atoms with Crippen molar-refractivity contribution in [2.24, 2.45) is 5.92 Å². The van der Waals surface area contributed by atoms with E-state index in [0.717, 1.165) is 5.56 Å². The molecule has 1 saturated heterocycles. The van der Waals surface area contributed by atoms with E-state index in [1.54, 1.807) is 0 Å². The molecule has 3 atom stereocenters. The largest absolute Gasteiger partial charge is 0.374 e. The minimum Gasteiger partial charge on any atom is -0.374 e. The van der Waals surface area contributed by atoms with Crippen molar-refractivity contribution in [3.63, 3.8) is 0 Å². The summed E-state index contributed by atoms with van der Waals surface area (Å²) in [6.07, 6.45) is 0.770. The summed E-state index contributed by atoms with van der Waals surface area (Å²) in [7, 11) is 0. The van der Waals surface area contributed by atoms with Gasteiger partial charge in [0.15, 0.2) is 0 Å². The average molecular weight is 364 g/mol. The molecule has 142 valence electrons. The summed E-state index contributed by atoms with van der Waals surface area (Å²) in [5.74, 6) is -0.445. The van der Waals surface area contributed by atoms with Gasteiger partial charge < -0.3 is 9.47 Å². The topological polar surface area (TPSA) is 73.3 Å². The van der Waals surface area contributed by atoms with Crippen molar-refractivity contribution in [3.05, 3.63) is 69.0 Å². The molecule has 26 heavy (non-hydrogen) atoms. The van der Waals surface area contributed by atoms with E-state index >= 15 is 0 Å². The van der Waals surface area contributed by atoms with E-state index in [0.29, 0.717) is 19.6 Å². The number of halogens is 1. The molecule has 6 nitrogen and oxygen atoms in total. The molecule has 2 aromatic rings. The third kappa shape index (κ3) is 5.12. The van der Waals surface area contributed by atoms with E-state index in [1.165, 1.54) is 16.8 Å². The second-order valence-corrected chi connectivity index (χ2v) is 5.82. The zero-order valence-corrected chi connectivity index (χ0v) is 15.1. The van der Waals surface area contributed by atoms with Crippen LogP contribution in [0.15, 0.2) is 52.2 Å². The Morgan fingerprint density at radius 2 is 1.96 bits per heavy atom. The predicted molar refractivity (Wildman–Crippen MR) is 96.8 cm³/mol. The van der Waals surface area contributed by atoms with Gasteiger partial charge in [-0.3, -0.25) is 18.7 Å². The van der Waals surface area contributed by atoms with Crippen LogP contribution in [-0.4, -0.2) is 28.9 Å². The summed E-state index contributed by atoms with van der Waals surface area (Å²) in [6, 6.07) is 10.9. The van der Waals surface area contributed by atoms with Crippen molar-refractivity contribution in [1.82, 2.24) is 9.55 Å². The van der Waals surface area contributed by atoms with Gasteiger partial charge in [-0.2, -0.15) is 0 Å². The lowest BCUT2D eigenvalue weighted by atomic mass is 10.1. The first-order valence-corrected chi connectivity index (χ1v) is 8.82. The fraction of sp³-hybridized carbons (Fsp3) is 0.474. The Balaban J connectivity index is 0.00000117. The zero-order valence-electron chi connectivity index (χ0n) is 15.1. The Hall–Kier alpha value is -2.25. The Kier molecular flexibility index (Phi) is 7.74. The molecule has 1 fully saturated rings. The predicted octanol–water partition coefficient (Wildman–Crippen LogP) is 2.65. The first kappa shape index (κ1) is 20.1. The second-order valence-electron chi connectivity index (χ2n) is 5.82. The maximum absolute atomic E-state index is 13.3. The summed E-state index contributed by atoms with van der Waals surface area (Å²) >= 11 is 0. The maximum atomic E-state index is 13.3. The molecule has 1 aliphatic rings. The van der Waals surface area contributed by atoms with Gasteiger partial charge in [-0.1, -0.05) is 44.2 Å². The molecule has 1 aromatic heterocycles. The number of nitrogens with one attached hydrogen (secondary N) is 1. The van der Waals surface area contributed by atoms with Crippen molar-refractivity contribution < 1.29 is 13.9 Å². The second kappa shape index (κ2) is 10.0. The lowest BCUT2D eigenvalue weighted by molar-refractivity contribution is -0.0551. The van der Waals surface area contributed by atoms with Gasteiger partial charge in [0.05, 0.1) is 26.0 Å². The van der Waals surface area contributed by atoms with Crippen LogP contribution in [-0.2, 0) is 16.1 Å². The molecule has 1 aromatic carbocycles. The number of hydrogen-bond donors (Lipinski definition) is 1. The monoisotopic (exact) mass is 364 g/mol. The zero-order chi connectivity index (χ0) is 18.9. The number of aromatic amines is 1. The fourth-order valence-corrected chi connectivity index (χ4v) is 2.87. The third-order valence-electron chi connectivity index (χ3n) is 4.04. The lowest BCUT2D eigenvalue weighted by Gasteiger charge is -2.18. The summed E-state index contributed by atoms with van der Waals surface area (Å²) in [6.45, 7) is 4.16. The number of aromatic nitrogens is 2. The molecule has 3 unspecified atom stereocenters. The molecule has 7 heteroatoms. The number of rotatable bonds is 6. The van der Waals surface area contributed by atoms with Gasteiger partial charge in [0.25, 0.3) is 5.56 Å². The molecule has 0 spiro atoms. The highest BCUT2D eigenvalue weighted by Gasteiger charge is 2.37. The first-order chi connectivity index (χ1) is 12.7. The SMILES string of the molecule is CC.O=c1ccn(C2OC(COCc3ccccc3)CC2CF)c(=O)[nH]1. The van der Waals surface area contributed by atoms with Crippen LogP contribution >= 0.6 is 0 Å². The van der Waals surface area contributed by atoms with Gasteiger partial charge in [-0.05, 0) is 12.0 Å². The summed E-state index contributed by atoms with van der Waals surface area (Å²) in [5.41, 5.74) is -0.0449. The molecule has 0 bridgehead atoms. The molecule has 2 heterocycles. The molecule has 0 saturated carbocycles. The van der Waals surface area contributed by atoms with Gasteiger partial charge in [-0.25, -0.2) is 4.79 Å². The number of H-pyrrole nitrogens is 1. The highest BCUT2D eigenvalue weighted by atomic mass is 19.1. The number of benzene rings is 1. The average Bonchev–Trinajstić information content (AvgIpc) is 3.07. The van der Waals surface area contributed by atoms with Crippen molar-refractivity contribution in [2.45, 2.75) is 39.2 Å². The van der Waals surface area contributed by atoms with E-state index in [2.05, 4.69) is 4.98 Å². The van der Waals surface area contributed by atoms with Crippen molar-refractivity contribution in [3.8, 4) is 0 Å². The van der Waals surface area contributed by atoms with Crippen LogP contribution in [0.1, 0.15) is 32.1 Å². The van der Waals surface area contributed by atoms with Gasteiger partial charge in [0.2, 0.25) is 0 Å². The summed E-state index contributed by atoms with van der Waals surface area (Å²) in [4.78, 5) is 25.2. The van der Waals surface area contributed by atoms with Crippen LogP contribution in [0.3, 0.4) is 0 Å². The Morgan fingerprint density at radius 1 is 1.23 bits per heavy atom. The molecule has 1 N–H and O–H groups in total. The normalized spacial score (nSPS) is 21.9. The van der Waals surface area contributed by atoms with Crippen molar-refractivity contribution in [1.29, 1.82) is 0 Å². The van der Waals surface area contributed by atoms with Crippen LogP contribution in [0.2, 0.25) is 0 Å². The highest BCUT2D eigenvalue weighted by Crippen LogP contribution is 2.34. The number of ether oxygens (including phenoxy) is 2. The fourth-order valence-electron chi connectivity index (χ4n) is 2.87. The molecule has 1 aliphatic heterocycles. The molecule has 0 amide bonds. The van der Waals surface area contributed by atoms with Crippen LogP contribution in [0.4, 0.5) is 4.39 Å². The number of alkyl halides is 1. The number of nitrogens with zero attached hydrogens (tertiary/aromatic N) is 1. The lowest BCUT2D eigenvalue weighted by Crippen LogP contribution is -2.34. The molecule has 3 rings (SSSR count). The Labute approximate surface area is 151 Å². The van der Waals surface area contributed by atoms with E-state index < -0.39 is 30.1 Å². The molecule has 0 radical (unpaired) electrons. The van der Waals surface area contributed by atoms with Gasteiger partial charge in [0.1, 0.15) is 6.23 Å². The van der Waals surface area contributed by atoms with Crippen molar-refractivity contribution >= 4 is 0 Å². The summed E-state index contributed by atoms with van der Waals surface area (Å²) in [5, 5.41) is 0. The van der Waals surface area contributed by atoms with Gasteiger partial charge in [0, 0.05) is 18.2 Å². The highest BCUT2D eigenvalue weighted by molar-refractivity contribution is 5.13. The van der Waals surface area contributed by atoms with E-state index in [9.17, 15) is 14.0 Å². The van der Waals surface area contributed by atoms with Gasteiger partial charge >= 0.3 is 5.69 Å². The Morgan fingerprint density at radius 3 is 2.62 bits per heavy atom. The van der Waals surface area contributed by atoms with E-state index in [-0.39, 0.29) is 6.10 Å². The van der Waals surface area contributed by atoms with Gasteiger partial charge in [-0.15, -0.1) is 0 Å². The first-order valence-electron chi connectivity index (χ1n) is 8.82. The standard InChI is InChI=1S/C17H19FN2O4.C2H6/c18-9-13-8-14(11-23-10-12-4-2-1-3-5-12)24-16(13)20-7-6-15(21)19-17(20)22;1-2/h1-7,13-14,16H,8-11H2,(H,19,21,22);1-2H3. The molecular formula is C19H25FN2O4. The Bertz CT molecular complexity index is 775. The van der Waals surface area contributed by atoms with Crippen LogP contribution in [0.25, 0.3) is 0 Å². The smallest absolute Gasteiger partial charge is 0.330 e. The van der Waals surface area contributed by atoms with Crippen LogP contribution in [0, 0.1) is 5.92 Å². The minimum atomic E-state index is -0.732. The quantitative estimate of drug-likeness (QED) is 0.855. The van der Waals surface area contributed by atoms with Crippen LogP contribution < -0.4 is 11.2 Å². The van der Waals surface area contributed by atoms with Crippen molar-refractivity contribution in [2.75, 3.05) is 13.3 Å². The number of hydrogen-bond acceptors (Lipinski definition) is 4.